The number of amides is 1. The second-order valence-electron chi connectivity index (χ2n) is 4.62. The Balaban J connectivity index is 2.06. The zero-order chi connectivity index (χ0) is 14.8. The van der Waals surface area contributed by atoms with E-state index in [-0.39, 0.29) is 0 Å². The summed E-state index contributed by atoms with van der Waals surface area (Å²) in [4.78, 5) is 19.6. The Morgan fingerprint density at radius 3 is 2.76 bits per heavy atom. The number of nitrogens with one attached hydrogen (secondary N) is 1. The van der Waals surface area contributed by atoms with E-state index in [0.29, 0.717) is 11.5 Å². The standard InChI is InChI=1S/C14H14N6O/c1-9(12(15)21)19-13-11-7-18-20(14(11)17-8-16-13)10-5-3-2-4-6-10/h2-9H,1H3,(H2,15,21)(H,16,17,19). The molecule has 2 heterocycles. The van der Waals surface area contributed by atoms with E-state index in [1.165, 1.54) is 6.33 Å². The van der Waals surface area contributed by atoms with Gasteiger partial charge in [-0.3, -0.25) is 4.79 Å². The summed E-state index contributed by atoms with van der Waals surface area (Å²) in [5.41, 5.74) is 6.82. The van der Waals surface area contributed by atoms with Gasteiger partial charge in [-0.25, -0.2) is 14.6 Å². The first-order valence-electron chi connectivity index (χ1n) is 6.47. The number of carbonyl (C=O) groups is 1. The molecule has 0 aliphatic carbocycles. The largest absolute Gasteiger partial charge is 0.368 e. The van der Waals surface area contributed by atoms with Crippen molar-refractivity contribution in [3.05, 3.63) is 42.9 Å². The molecule has 0 aliphatic heterocycles. The summed E-state index contributed by atoms with van der Waals surface area (Å²) < 4.78 is 1.72. The fourth-order valence-electron chi connectivity index (χ4n) is 1.99. The molecule has 0 aliphatic rings. The third-order valence-electron chi connectivity index (χ3n) is 3.15. The maximum Gasteiger partial charge on any atom is 0.239 e. The topological polar surface area (TPSA) is 98.7 Å². The fraction of sp³-hybridized carbons (Fsp3) is 0.143. The van der Waals surface area contributed by atoms with Crippen LogP contribution in [0.4, 0.5) is 5.82 Å². The van der Waals surface area contributed by atoms with Crippen molar-refractivity contribution in [3.63, 3.8) is 0 Å². The number of aromatic nitrogens is 4. The minimum Gasteiger partial charge on any atom is -0.368 e. The number of hydrogen-bond acceptors (Lipinski definition) is 5. The third kappa shape index (κ3) is 2.40. The number of rotatable bonds is 4. The average molecular weight is 282 g/mol. The van der Waals surface area contributed by atoms with Crippen molar-refractivity contribution in [2.75, 3.05) is 5.32 Å². The molecular formula is C14H14N6O. The number of benzene rings is 1. The number of para-hydroxylation sites is 1. The molecule has 0 saturated carbocycles. The number of carbonyl (C=O) groups excluding carboxylic acids is 1. The van der Waals surface area contributed by atoms with E-state index < -0.39 is 11.9 Å². The van der Waals surface area contributed by atoms with Gasteiger partial charge >= 0.3 is 0 Å². The molecule has 0 bridgehead atoms. The van der Waals surface area contributed by atoms with Crippen LogP contribution in [0, 0.1) is 0 Å². The van der Waals surface area contributed by atoms with Crippen molar-refractivity contribution in [2.24, 2.45) is 5.73 Å². The molecule has 3 aromatic rings. The van der Waals surface area contributed by atoms with Crippen molar-refractivity contribution in [3.8, 4) is 5.69 Å². The molecule has 0 radical (unpaired) electrons. The van der Waals surface area contributed by atoms with E-state index in [9.17, 15) is 4.79 Å². The van der Waals surface area contributed by atoms with Crippen molar-refractivity contribution >= 4 is 22.8 Å². The van der Waals surface area contributed by atoms with Crippen molar-refractivity contribution in [1.82, 2.24) is 19.7 Å². The Labute approximate surface area is 120 Å². The summed E-state index contributed by atoms with van der Waals surface area (Å²) in [6.07, 6.45) is 3.10. The van der Waals surface area contributed by atoms with Gasteiger partial charge in [0.2, 0.25) is 5.91 Å². The fourth-order valence-corrected chi connectivity index (χ4v) is 1.99. The van der Waals surface area contributed by atoms with Crippen LogP contribution in [0.3, 0.4) is 0 Å². The smallest absolute Gasteiger partial charge is 0.239 e. The lowest BCUT2D eigenvalue weighted by molar-refractivity contribution is -0.118. The highest BCUT2D eigenvalue weighted by Crippen LogP contribution is 2.21. The SMILES string of the molecule is CC(Nc1ncnc2c1cnn2-c1ccccc1)C(N)=O. The minimum atomic E-state index is -0.525. The highest BCUT2D eigenvalue weighted by atomic mass is 16.1. The molecule has 106 valence electrons. The lowest BCUT2D eigenvalue weighted by Crippen LogP contribution is -2.32. The third-order valence-corrected chi connectivity index (χ3v) is 3.15. The van der Waals surface area contributed by atoms with Crippen LogP contribution in [0.2, 0.25) is 0 Å². The maximum absolute atomic E-state index is 11.2. The maximum atomic E-state index is 11.2. The molecule has 0 spiro atoms. The van der Waals surface area contributed by atoms with Gasteiger partial charge in [0.15, 0.2) is 5.65 Å². The average Bonchev–Trinajstić information content (AvgIpc) is 2.93. The molecule has 7 heteroatoms. The predicted molar refractivity (Wildman–Crippen MR) is 78.9 cm³/mol. The highest BCUT2D eigenvalue weighted by Gasteiger charge is 2.14. The first-order chi connectivity index (χ1) is 10.2. The summed E-state index contributed by atoms with van der Waals surface area (Å²) in [6, 6.07) is 9.15. The van der Waals surface area contributed by atoms with E-state index in [0.717, 1.165) is 11.1 Å². The Hall–Kier alpha value is -2.96. The van der Waals surface area contributed by atoms with Crippen LogP contribution < -0.4 is 11.1 Å². The van der Waals surface area contributed by atoms with Crippen LogP contribution in [0.1, 0.15) is 6.92 Å². The number of anilines is 1. The molecule has 3 rings (SSSR count). The van der Waals surface area contributed by atoms with E-state index in [4.69, 9.17) is 5.73 Å². The summed E-state index contributed by atoms with van der Waals surface area (Å²) in [6.45, 7) is 1.68. The van der Waals surface area contributed by atoms with Crippen LogP contribution in [0.25, 0.3) is 16.7 Å². The van der Waals surface area contributed by atoms with Gasteiger partial charge in [-0.15, -0.1) is 0 Å². The summed E-state index contributed by atoms with van der Waals surface area (Å²) in [7, 11) is 0. The van der Waals surface area contributed by atoms with Crippen LogP contribution in [-0.2, 0) is 4.79 Å². The summed E-state index contributed by atoms with van der Waals surface area (Å²) >= 11 is 0. The van der Waals surface area contributed by atoms with Gasteiger partial charge in [-0.2, -0.15) is 5.10 Å². The molecule has 1 atom stereocenters. The molecule has 21 heavy (non-hydrogen) atoms. The summed E-state index contributed by atoms with van der Waals surface area (Å²) in [5, 5.41) is 8.04. The van der Waals surface area contributed by atoms with E-state index in [1.807, 2.05) is 30.3 Å². The number of hydrogen-bond donors (Lipinski definition) is 2. The highest BCUT2D eigenvalue weighted by molar-refractivity contribution is 5.90. The molecule has 1 aromatic carbocycles. The van der Waals surface area contributed by atoms with Crippen molar-refractivity contribution in [1.29, 1.82) is 0 Å². The lowest BCUT2D eigenvalue weighted by Gasteiger charge is -2.11. The van der Waals surface area contributed by atoms with Crippen molar-refractivity contribution < 1.29 is 4.79 Å². The van der Waals surface area contributed by atoms with Gasteiger partial charge in [0.25, 0.3) is 0 Å². The minimum absolute atomic E-state index is 0.447. The van der Waals surface area contributed by atoms with E-state index in [2.05, 4.69) is 20.4 Å². The van der Waals surface area contributed by atoms with Crippen LogP contribution in [0.15, 0.2) is 42.9 Å². The quantitative estimate of drug-likeness (QED) is 0.746. The second-order valence-corrected chi connectivity index (χ2v) is 4.62. The van der Waals surface area contributed by atoms with Crippen molar-refractivity contribution in [2.45, 2.75) is 13.0 Å². The Morgan fingerprint density at radius 1 is 1.29 bits per heavy atom. The number of fused-ring (bicyclic) bond motifs is 1. The number of nitrogens with two attached hydrogens (primary N) is 1. The summed E-state index contributed by atoms with van der Waals surface area (Å²) in [5.74, 6) is 0.0886. The number of primary amides is 1. The second kappa shape index (κ2) is 5.20. The Morgan fingerprint density at radius 2 is 2.05 bits per heavy atom. The van der Waals surface area contributed by atoms with Gasteiger partial charge in [-0.05, 0) is 19.1 Å². The monoisotopic (exact) mass is 282 g/mol. The first kappa shape index (κ1) is 13.0. The Bertz CT molecular complexity index is 783. The van der Waals surface area contributed by atoms with Gasteiger partial charge in [0.05, 0.1) is 17.3 Å². The van der Waals surface area contributed by atoms with Gasteiger partial charge in [-0.1, -0.05) is 18.2 Å². The molecule has 2 aromatic heterocycles. The molecular weight excluding hydrogens is 268 g/mol. The molecule has 1 amide bonds. The zero-order valence-electron chi connectivity index (χ0n) is 11.4. The van der Waals surface area contributed by atoms with Gasteiger partial charge < -0.3 is 11.1 Å². The normalized spacial score (nSPS) is 12.2. The Kier molecular flexibility index (Phi) is 3.23. The molecule has 1 unspecified atom stereocenters. The molecule has 3 N–H and O–H groups in total. The van der Waals surface area contributed by atoms with Crippen LogP contribution in [-0.4, -0.2) is 31.7 Å². The first-order valence-corrected chi connectivity index (χ1v) is 6.47. The predicted octanol–water partition coefficient (Wildman–Crippen LogP) is 1.10. The van der Waals surface area contributed by atoms with Crippen LogP contribution >= 0.6 is 0 Å². The molecule has 7 nitrogen and oxygen atoms in total. The van der Waals surface area contributed by atoms with E-state index in [1.54, 1.807) is 17.8 Å². The van der Waals surface area contributed by atoms with Gasteiger partial charge in [0, 0.05) is 0 Å². The van der Waals surface area contributed by atoms with Gasteiger partial charge in [0.1, 0.15) is 18.2 Å². The zero-order valence-corrected chi connectivity index (χ0v) is 11.4. The van der Waals surface area contributed by atoms with E-state index >= 15 is 0 Å². The molecule has 0 fully saturated rings. The lowest BCUT2D eigenvalue weighted by atomic mass is 10.3. The molecule has 0 saturated heterocycles. The number of nitrogens with zero attached hydrogens (tertiary/aromatic N) is 4. The van der Waals surface area contributed by atoms with Crippen LogP contribution in [0.5, 0.6) is 0 Å².